The Bertz CT molecular complexity index is 666. The van der Waals surface area contributed by atoms with E-state index in [4.69, 9.17) is 21.8 Å². The Morgan fingerprint density at radius 2 is 1.56 bits per heavy atom. The lowest BCUT2D eigenvalue weighted by atomic mass is 10.1. The lowest BCUT2D eigenvalue weighted by Crippen LogP contribution is -2.43. The van der Waals surface area contributed by atoms with Crippen LogP contribution in [0, 0.1) is 6.57 Å². The van der Waals surface area contributed by atoms with Gasteiger partial charge in [0.15, 0.2) is 5.69 Å². The molecule has 0 atom stereocenters. The molecule has 25 heavy (non-hydrogen) atoms. The van der Waals surface area contributed by atoms with E-state index in [1.54, 1.807) is 59.7 Å². The second-order valence-electron chi connectivity index (χ2n) is 7.55. The molecule has 0 spiro atoms. The molecule has 7 nitrogen and oxygen atoms in total. The van der Waals surface area contributed by atoms with Crippen LogP contribution < -0.4 is 5.73 Å². The maximum atomic E-state index is 12.5. The normalized spacial score (nSPS) is 11.4. The van der Waals surface area contributed by atoms with Gasteiger partial charge in [0.2, 0.25) is 0 Å². The average Bonchev–Trinajstić information content (AvgIpc) is 2.40. The summed E-state index contributed by atoms with van der Waals surface area (Å²) in [6, 6.07) is 4.68. The summed E-state index contributed by atoms with van der Waals surface area (Å²) in [6.45, 7) is 17.2. The number of hydrogen-bond acceptors (Lipinski definition) is 5. The summed E-state index contributed by atoms with van der Waals surface area (Å²) in [5.74, 6) is 0. The highest BCUT2D eigenvalue weighted by Gasteiger charge is 2.31. The molecule has 2 N–H and O–H groups in total. The molecule has 2 amide bonds. The molecule has 0 heterocycles. The Hall–Kier alpha value is -2.75. The summed E-state index contributed by atoms with van der Waals surface area (Å²) in [6.07, 6.45) is -1.69. The molecule has 0 fully saturated rings. The predicted octanol–water partition coefficient (Wildman–Crippen LogP) is 4.49. The van der Waals surface area contributed by atoms with Gasteiger partial charge in [-0.2, -0.15) is 0 Å². The van der Waals surface area contributed by atoms with Gasteiger partial charge in [-0.05, 0) is 59.2 Å². The first-order valence-electron chi connectivity index (χ1n) is 7.82. The van der Waals surface area contributed by atoms with Crippen molar-refractivity contribution in [2.24, 2.45) is 0 Å². The summed E-state index contributed by atoms with van der Waals surface area (Å²) in [4.78, 5) is 29.2. The molecule has 0 aliphatic carbocycles. The van der Waals surface area contributed by atoms with Crippen LogP contribution in [-0.4, -0.2) is 28.3 Å². The molecule has 7 heteroatoms. The van der Waals surface area contributed by atoms with Crippen molar-refractivity contribution in [2.45, 2.75) is 59.3 Å². The first-order valence-corrected chi connectivity index (χ1v) is 7.82. The second kappa shape index (κ2) is 7.43. The molecule has 0 aliphatic heterocycles. The van der Waals surface area contributed by atoms with E-state index in [-0.39, 0.29) is 6.54 Å². The van der Waals surface area contributed by atoms with Crippen LogP contribution in [0.15, 0.2) is 18.2 Å². The maximum absolute atomic E-state index is 12.5. The third-order valence-electron chi connectivity index (χ3n) is 2.78. The topological polar surface area (TPSA) is 86.2 Å². The van der Waals surface area contributed by atoms with Gasteiger partial charge in [0.1, 0.15) is 11.2 Å². The number of nitrogen functional groups attached to an aromatic ring is 1. The summed E-state index contributed by atoms with van der Waals surface area (Å²) in [5, 5.41) is 0. The molecular weight excluding hydrogens is 322 g/mol. The van der Waals surface area contributed by atoms with Crippen LogP contribution in [0.1, 0.15) is 47.1 Å². The van der Waals surface area contributed by atoms with Crippen LogP contribution >= 0.6 is 0 Å². The highest BCUT2D eigenvalue weighted by atomic mass is 16.6. The molecule has 0 radical (unpaired) electrons. The van der Waals surface area contributed by atoms with Gasteiger partial charge in [0.25, 0.3) is 0 Å². The molecule has 1 aromatic rings. The summed E-state index contributed by atoms with van der Waals surface area (Å²) >= 11 is 0. The zero-order valence-electron chi connectivity index (χ0n) is 15.5. The van der Waals surface area contributed by atoms with Gasteiger partial charge in [0, 0.05) is 5.69 Å². The van der Waals surface area contributed by atoms with E-state index >= 15 is 0 Å². The Kier molecular flexibility index (Phi) is 6.03. The van der Waals surface area contributed by atoms with Gasteiger partial charge in [-0.3, -0.25) is 0 Å². The van der Waals surface area contributed by atoms with Crippen molar-refractivity contribution in [1.29, 1.82) is 0 Å². The minimum Gasteiger partial charge on any atom is -0.443 e. The van der Waals surface area contributed by atoms with Gasteiger partial charge >= 0.3 is 12.2 Å². The molecular formula is C18H25N3O4. The van der Waals surface area contributed by atoms with Crippen molar-refractivity contribution in [3.05, 3.63) is 35.2 Å². The number of hydrogen-bond donors (Lipinski definition) is 1. The third-order valence-corrected chi connectivity index (χ3v) is 2.78. The Labute approximate surface area is 148 Å². The van der Waals surface area contributed by atoms with Crippen LogP contribution in [-0.2, 0) is 16.0 Å². The van der Waals surface area contributed by atoms with Crippen LogP contribution in [0.3, 0.4) is 0 Å². The van der Waals surface area contributed by atoms with E-state index in [1.165, 1.54) is 0 Å². The van der Waals surface area contributed by atoms with Crippen molar-refractivity contribution < 1.29 is 19.1 Å². The van der Waals surface area contributed by atoms with Crippen LogP contribution in [0.2, 0.25) is 0 Å². The first kappa shape index (κ1) is 20.3. The monoisotopic (exact) mass is 347 g/mol. The van der Waals surface area contributed by atoms with Gasteiger partial charge < -0.3 is 15.2 Å². The molecule has 0 aromatic heterocycles. The van der Waals surface area contributed by atoms with E-state index in [0.717, 1.165) is 4.90 Å². The fraction of sp³-hybridized carbons (Fsp3) is 0.500. The zero-order chi connectivity index (χ0) is 19.4. The number of imide groups is 1. The largest absolute Gasteiger partial charge is 0.443 e. The molecule has 0 unspecified atom stereocenters. The summed E-state index contributed by atoms with van der Waals surface area (Å²) in [7, 11) is 0. The smallest absolute Gasteiger partial charge is 0.420 e. The minimum absolute atomic E-state index is 0.174. The van der Waals surface area contributed by atoms with Crippen LogP contribution in [0.25, 0.3) is 4.85 Å². The number of ether oxygens (including phenoxy) is 2. The van der Waals surface area contributed by atoms with Crippen molar-refractivity contribution in [3.8, 4) is 0 Å². The number of carbonyl (C=O) groups excluding carboxylic acids is 2. The van der Waals surface area contributed by atoms with Crippen molar-refractivity contribution in [2.75, 3.05) is 5.73 Å². The lowest BCUT2D eigenvalue weighted by molar-refractivity contribution is -0.000194. The number of amides is 2. The van der Waals surface area contributed by atoms with Gasteiger partial charge in [-0.25, -0.2) is 19.3 Å². The van der Waals surface area contributed by atoms with E-state index < -0.39 is 23.4 Å². The number of nitrogens with two attached hydrogens (primary N) is 1. The number of benzene rings is 1. The van der Waals surface area contributed by atoms with E-state index in [2.05, 4.69) is 4.85 Å². The van der Waals surface area contributed by atoms with Crippen LogP contribution in [0.4, 0.5) is 21.0 Å². The number of rotatable bonds is 2. The fourth-order valence-electron chi connectivity index (χ4n) is 1.85. The highest BCUT2D eigenvalue weighted by molar-refractivity contribution is 5.88. The minimum atomic E-state index is -0.847. The molecule has 0 saturated carbocycles. The molecule has 0 saturated heterocycles. The van der Waals surface area contributed by atoms with Gasteiger partial charge in [-0.15, -0.1) is 0 Å². The SMILES string of the molecule is [C-]#[N+]c1ccc(N)cc1CN(C(=O)OC(C)(C)C)C(=O)OC(C)(C)C. The fourth-order valence-corrected chi connectivity index (χ4v) is 1.85. The standard InChI is InChI=1S/C18H25N3O4/c1-17(2,3)24-15(22)21(16(23)25-18(4,5)6)11-12-10-13(19)8-9-14(12)20-7/h8-10H,11,19H2,1-6H3. The Morgan fingerprint density at radius 1 is 1.08 bits per heavy atom. The lowest BCUT2D eigenvalue weighted by Gasteiger charge is -2.29. The van der Waals surface area contributed by atoms with Gasteiger partial charge in [0.05, 0.1) is 13.1 Å². The van der Waals surface area contributed by atoms with Crippen molar-refractivity contribution in [1.82, 2.24) is 4.90 Å². The summed E-state index contributed by atoms with van der Waals surface area (Å²) < 4.78 is 10.6. The highest BCUT2D eigenvalue weighted by Crippen LogP contribution is 2.25. The van der Waals surface area contributed by atoms with Crippen molar-refractivity contribution in [3.63, 3.8) is 0 Å². The second-order valence-corrected chi connectivity index (χ2v) is 7.55. The van der Waals surface area contributed by atoms with E-state index in [0.29, 0.717) is 16.9 Å². The van der Waals surface area contributed by atoms with Crippen molar-refractivity contribution >= 4 is 23.6 Å². The number of nitrogens with zero attached hydrogens (tertiary/aromatic N) is 2. The van der Waals surface area contributed by atoms with Crippen LogP contribution in [0.5, 0.6) is 0 Å². The third kappa shape index (κ3) is 6.71. The molecule has 0 aliphatic rings. The first-order chi connectivity index (χ1) is 11.3. The van der Waals surface area contributed by atoms with Gasteiger partial charge in [-0.1, -0.05) is 6.07 Å². The maximum Gasteiger partial charge on any atom is 0.420 e. The summed E-state index contributed by atoms with van der Waals surface area (Å²) in [5.41, 5.74) is 5.36. The van der Waals surface area contributed by atoms with E-state index in [1.807, 2.05) is 0 Å². The predicted molar refractivity (Wildman–Crippen MR) is 95.1 cm³/mol. The molecule has 1 rings (SSSR count). The Balaban J connectivity index is 3.19. The zero-order valence-corrected chi connectivity index (χ0v) is 15.5. The Morgan fingerprint density at radius 3 is 1.96 bits per heavy atom. The van der Waals surface area contributed by atoms with E-state index in [9.17, 15) is 9.59 Å². The number of carbonyl (C=O) groups is 2. The molecule has 0 bridgehead atoms. The average molecular weight is 347 g/mol. The molecule has 1 aromatic carbocycles. The molecule has 136 valence electrons. The number of anilines is 1. The quantitative estimate of drug-likeness (QED) is 0.629.